The molecule has 0 bridgehead atoms. The van der Waals surface area contributed by atoms with E-state index in [1.165, 1.54) is 0 Å². The molecule has 0 radical (unpaired) electrons. The van der Waals surface area contributed by atoms with E-state index in [9.17, 15) is 59.4 Å². The number of carbonyl (C=O) groups is 6. The van der Waals surface area contributed by atoms with E-state index in [4.69, 9.17) is 0 Å². The molecule has 0 amide bonds. The standard InChI is InChI=1S/2C5H4N2O4.C4H6O4.10H2O.2Tb/c2*8-4(9)2-1-3(5(10)11)7-6-2;5-3(6)1-2-4(7)8;;;;;;;;;;;;/h2*1H,(H,6,7)(H,8,9)(H,10,11);1-2H2,(H,5,6)(H,7,8);10*1H2;;/q;;;;;;;;;;;;;2*+3/p-6. The summed E-state index contributed by atoms with van der Waals surface area (Å²) >= 11 is 0. The Morgan fingerprint density at radius 2 is 0.690 bits per heavy atom. The zero-order chi connectivity index (χ0) is 23.4. The summed E-state index contributed by atoms with van der Waals surface area (Å²) < 4.78 is 0. The Kier molecular flexibility index (Phi) is 85.1. The quantitative estimate of drug-likeness (QED) is 0.261. The van der Waals surface area contributed by atoms with Gasteiger partial charge in [-0.2, -0.15) is 10.2 Å². The topological polar surface area (TPSA) is 613 Å². The third kappa shape index (κ3) is 37.4. The fourth-order valence-corrected chi connectivity index (χ4v) is 1.27. The summed E-state index contributed by atoms with van der Waals surface area (Å²) in [5.74, 6) is -8.82. The number of nitrogens with one attached hydrogen (secondary N) is 2. The van der Waals surface area contributed by atoms with Gasteiger partial charge in [0.25, 0.3) is 0 Å². The predicted octanol–water partition coefficient (Wildman–Crippen LogP) is -16.7. The zero-order valence-corrected chi connectivity index (χ0v) is 24.3. The van der Waals surface area contributed by atoms with Crippen LogP contribution in [-0.4, -0.2) is 111 Å². The molecule has 42 heavy (non-hydrogen) atoms. The second-order valence-electron chi connectivity index (χ2n) is 4.73. The van der Waals surface area contributed by atoms with Crippen LogP contribution in [0.4, 0.5) is 0 Å². The largest absolute Gasteiger partial charge is 3.00 e. The fraction of sp³-hybridized carbons (Fsp3) is 0.143. The molecular weight excluding hydrogens is 894 g/mol. The second-order valence-corrected chi connectivity index (χ2v) is 4.73. The van der Waals surface area contributed by atoms with Crippen LogP contribution in [0, 0.1) is 77.2 Å². The maximum Gasteiger partial charge on any atom is 3.00 e. The molecule has 0 saturated heterocycles. The summed E-state index contributed by atoms with van der Waals surface area (Å²) in [6.07, 6.45) is -0.940. The maximum absolute atomic E-state index is 10.0. The first kappa shape index (κ1) is 83.4. The minimum absolute atomic E-state index is 0. The van der Waals surface area contributed by atoms with Gasteiger partial charge in [-0.3, -0.25) is 10.2 Å². The van der Waals surface area contributed by atoms with Crippen LogP contribution in [0.5, 0.6) is 0 Å². The monoisotopic (exact) mass is 922 g/mol. The normalized spacial score (nSPS) is 6.57. The first-order valence-electron chi connectivity index (χ1n) is 7.21. The summed E-state index contributed by atoms with van der Waals surface area (Å²) in [7, 11) is 0. The van der Waals surface area contributed by atoms with Crippen LogP contribution in [0.1, 0.15) is 54.8 Å². The molecule has 2 heterocycles. The Balaban J connectivity index is -0.0000000241. The van der Waals surface area contributed by atoms with Crippen LogP contribution in [-0.2, 0) is 9.59 Å². The van der Waals surface area contributed by atoms with Gasteiger partial charge in [-0.1, -0.05) is 0 Å². The average molecular weight is 922 g/mol. The van der Waals surface area contributed by atoms with Crippen LogP contribution in [0.15, 0.2) is 12.1 Å². The molecule has 0 spiro atoms. The number of aliphatic carboxylic acids is 2. The van der Waals surface area contributed by atoms with Crippen molar-refractivity contribution in [3.63, 3.8) is 0 Å². The van der Waals surface area contributed by atoms with Gasteiger partial charge in [-0.25, -0.2) is 0 Å². The summed E-state index contributed by atoms with van der Waals surface area (Å²) in [6, 6.07) is 1.65. The smallest absolute Gasteiger partial charge is 0.550 e. The Morgan fingerprint density at radius 3 is 0.786 bits per heavy atom. The van der Waals surface area contributed by atoms with Gasteiger partial charge in [-0.15, -0.1) is 0 Å². The number of carbonyl (C=O) groups excluding carboxylic acids is 6. The van der Waals surface area contributed by atoms with Crippen molar-refractivity contribution in [2.75, 3.05) is 0 Å². The first-order valence-corrected chi connectivity index (χ1v) is 7.21. The van der Waals surface area contributed by atoms with E-state index in [0.717, 1.165) is 12.1 Å². The van der Waals surface area contributed by atoms with E-state index >= 15 is 0 Å². The number of aromatic carboxylic acids is 4. The van der Waals surface area contributed by atoms with Crippen molar-refractivity contribution >= 4 is 35.8 Å². The summed E-state index contributed by atoms with van der Waals surface area (Å²) in [5, 5.41) is 69.3. The van der Waals surface area contributed by atoms with Crippen molar-refractivity contribution in [2.24, 2.45) is 0 Å². The number of carboxylic acids is 6. The Hall–Kier alpha value is -2.59. The van der Waals surface area contributed by atoms with E-state index < -0.39 is 60.0 Å². The minimum Gasteiger partial charge on any atom is -0.550 e. The van der Waals surface area contributed by atoms with Gasteiger partial charge in [0.15, 0.2) is 0 Å². The molecule has 22 N–H and O–H groups in total. The van der Waals surface area contributed by atoms with Crippen LogP contribution in [0.3, 0.4) is 0 Å². The van der Waals surface area contributed by atoms with Crippen molar-refractivity contribution in [3.8, 4) is 0 Å². The number of aromatic amines is 2. The molecule has 0 atom stereocenters. The predicted molar refractivity (Wildman–Crippen MR) is 110 cm³/mol. The van der Waals surface area contributed by atoms with Crippen LogP contribution >= 0.6 is 0 Å². The van der Waals surface area contributed by atoms with Crippen LogP contribution in [0.25, 0.3) is 0 Å². The molecule has 2 aromatic rings. The van der Waals surface area contributed by atoms with E-state index in [1.807, 2.05) is 10.2 Å². The van der Waals surface area contributed by atoms with Gasteiger partial charge in [0.05, 0.1) is 35.3 Å². The third-order valence-electron chi connectivity index (χ3n) is 2.55. The van der Waals surface area contributed by atoms with E-state index in [-0.39, 0.29) is 143 Å². The van der Waals surface area contributed by atoms with Crippen molar-refractivity contribution in [3.05, 3.63) is 34.9 Å². The van der Waals surface area contributed by atoms with Gasteiger partial charge in [-0.05, 0) is 25.0 Å². The number of hydrogen-bond donors (Lipinski definition) is 2. The third-order valence-corrected chi connectivity index (χ3v) is 2.55. The molecule has 0 aliphatic carbocycles. The Morgan fingerprint density at radius 1 is 0.476 bits per heavy atom. The molecule has 2 aromatic heterocycles. The average Bonchev–Trinajstić information content (AvgIpc) is 3.31. The maximum atomic E-state index is 10.0. The molecule has 0 aromatic carbocycles. The summed E-state index contributed by atoms with van der Waals surface area (Å²) in [6.45, 7) is 0. The molecule has 0 aliphatic heterocycles. The molecule has 0 unspecified atom stereocenters. The van der Waals surface area contributed by atoms with E-state index in [0.29, 0.717) is 0 Å². The van der Waals surface area contributed by atoms with Crippen molar-refractivity contribution in [2.45, 2.75) is 12.8 Å². The number of nitrogens with zero attached hydrogens (tertiary/aromatic N) is 2. The van der Waals surface area contributed by atoms with Gasteiger partial charge in [0.1, 0.15) is 11.4 Å². The zero-order valence-electron chi connectivity index (χ0n) is 20.0. The van der Waals surface area contributed by atoms with Crippen molar-refractivity contribution in [1.29, 1.82) is 0 Å². The van der Waals surface area contributed by atoms with Crippen molar-refractivity contribution in [1.82, 2.24) is 20.4 Å². The van der Waals surface area contributed by atoms with Crippen molar-refractivity contribution < 1.29 is 191 Å². The van der Waals surface area contributed by atoms with Crippen LogP contribution < -0.4 is 30.6 Å². The first-order chi connectivity index (χ1) is 13.8. The van der Waals surface area contributed by atoms with Crippen LogP contribution in [0.2, 0.25) is 0 Å². The number of hydrogen-bond acceptors (Lipinski definition) is 14. The van der Waals surface area contributed by atoms with Gasteiger partial charge < -0.3 is 114 Å². The summed E-state index contributed by atoms with van der Waals surface area (Å²) in [5.41, 5.74) is -1.68. The molecule has 2 rings (SSSR count). The van der Waals surface area contributed by atoms with Gasteiger partial charge >= 0.3 is 77.2 Å². The number of aromatic nitrogens is 4. The summed E-state index contributed by atoms with van der Waals surface area (Å²) in [4.78, 5) is 59.1. The SMILES string of the molecule is O.O.O.O.O.O.O.O.O.O.O=C([O-])CCC(=O)[O-].O=C([O-])c1cc(C(=O)[O-])[nH]n1.O=C([O-])c1cc(C(=O)[O-])[nH]n1.[Tb+3].[Tb+3]. The van der Waals surface area contributed by atoms with E-state index in [1.54, 1.807) is 0 Å². The molecule has 0 saturated carbocycles. The second kappa shape index (κ2) is 42.9. The Bertz CT molecular complexity index is 833. The number of H-pyrrole nitrogens is 2. The molecule has 26 nitrogen and oxygen atoms in total. The van der Waals surface area contributed by atoms with Gasteiger partial charge in [0, 0.05) is 11.9 Å². The minimum atomic E-state index is -1.53. The fourth-order valence-electron chi connectivity index (χ4n) is 1.27. The molecule has 0 fully saturated rings. The Labute approximate surface area is 293 Å². The number of carboxylic acid groups (broad SMARTS) is 6. The molecule has 254 valence electrons. The molecule has 0 aliphatic rings. The van der Waals surface area contributed by atoms with Gasteiger partial charge in [0.2, 0.25) is 0 Å². The molecule has 28 heteroatoms. The van der Waals surface area contributed by atoms with E-state index in [2.05, 4.69) is 10.2 Å². The number of rotatable bonds is 7. The molecular formula is C14H28N4O22Tb2.